The third kappa shape index (κ3) is 4.45. The summed E-state index contributed by atoms with van der Waals surface area (Å²) in [5.74, 6) is 1.59. The first-order valence-electron chi connectivity index (χ1n) is 9.36. The molecule has 0 atom stereocenters. The highest BCUT2D eigenvalue weighted by molar-refractivity contribution is 5.79. The summed E-state index contributed by atoms with van der Waals surface area (Å²) in [6, 6.07) is 0.595. The van der Waals surface area contributed by atoms with Crippen LogP contribution >= 0.6 is 0 Å². The SMILES string of the molecule is O=C(C1CCCCCCC1)N(CC1CCNCC1)C1CC1. The third-order valence-electron chi connectivity index (χ3n) is 5.64. The van der Waals surface area contributed by atoms with E-state index in [1.807, 2.05) is 0 Å². The number of piperidine rings is 1. The van der Waals surface area contributed by atoms with Crippen molar-refractivity contribution in [2.45, 2.75) is 76.7 Å². The van der Waals surface area contributed by atoms with Crippen molar-refractivity contribution in [3.63, 3.8) is 0 Å². The summed E-state index contributed by atoms with van der Waals surface area (Å²) >= 11 is 0. The van der Waals surface area contributed by atoms with Crippen molar-refractivity contribution in [1.29, 1.82) is 0 Å². The summed E-state index contributed by atoms with van der Waals surface area (Å²) in [7, 11) is 0. The van der Waals surface area contributed by atoms with Gasteiger partial charge in [0.25, 0.3) is 0 Å². The molecule has 0 spiro atoms. The van der Waals surface area contributed by atoms with Gasteiger partial charge in [-0.25, -0.2) is 0 Å². The van der Waals surface area contributed by atoms with Crippen molar-refractivity contribution in [2.24, 2.45) is 11.8 Å². The molecule has 3 rings (SSSR count). The van der Waals surface area contributed by atoms with Gasteiger partial charge in [-0.15, -0.1) is 0 Å². The van der Waals surface area contributed by atoms with Crippen LogP contribution in [0.25, 0.3) is 0 Å². The van der Waals surface area contributed by atoms with E-state index in [0.717, 1.165) is 38.4 Å². The van der Waals surface area contributed by atoms with Gasteiger partial charge in [0.1, 0.15) is 0 Å². The summed E-state index contributed by atoms with van der Waals surface area (Å²) in [4.78, 5) is 15.3. The Labute approximate surface area is 129 Å². The van der Waals surface area contributed by atoms with Gasteiger partial charge in [0.2, 0.25) is 5.91 Å². The second-order valence-corrected chi connectivity index (χ2v) is 7.46. The molecule has 2 aliphatic carbocycles. The van der Waals surface area contributed by atoms with Crippen molar-refractivity contribution >= 4 is 5.91 Å². The summed E-state index contributed by atoms with van der Waals surface area (Å²) in [6.07, 6.45) is 13.9. The predicted octanol–water partition coefficient (Wildman–Crippen LogP) is 3.34. The highest BCUT2D eigenvalue weighted by atomic mass is 16.2. The highest BCUT2D eigenvalue weighted by Crippen LogP contribution is 2.33. The van der Waals surface area contributed by atoms with Gasteiger partial charge in [0.15, 0.2) is 0 Å². The van der Waals surface area contributed by atoms with Crippen LogP contribution < -0.4 is 5.32 Å². The second-order valence-electron chi connectivity index (χ2n) is 7.46. The number of hydrogen-bond donors (Lipinski definition) is 1. The van der Waals surface area contributed by atoms with Crippen molar-refractivity contribution in [3.05, 3.63) is 0 Å². The van der Waals surface area contributed by atoms with Crippen LogP contribution in [-0.2, 0) is 4.79 Å². The minimum Gasteiger partial charge on any atom is -0.339 e. The summed E-state index contributed by atoms with van der Waals surface area (Å²) in [5.41, 5.74) is 0. The molecule has 3 heteroatoms. The lowest BCUT2D eigenvalue weighted by Crippen LogP contribution is -2.43. The lowest BCUT2D eigenvalue weighted by atomic mass is 9.89. The Morgan fingerprint density at radius 1 is 0.857 bits per heavy atom. The molecule has 2 saturated carbocycles. The van der Waals surface area contributed by atoms with Crippen LogP contribution in [0.5, 0.6) is 0 Å². The Morgan fingerprint density at radius 2 is 1.48 bits per heavy atom. The van der Waals surface area contributed by atoms with E-state index in [1.54, 1.807) is 0 Å². The number of rotatable bonds is 4. The molecule has 1 heterocycles. The van der Waals surface area contributed by atoms with E-state index in [4.69, 9.17) is 0 Å². The number of hydrogen-bond acceptors (Lipinski definition) is 2. The second kappa shape index (κ2) is 7.62. The Morgan fingerprint density at radius 3 is 2.10 bits per heavy atom. The van der Waals surface area contributed by atoms with Crippen LogP contribution in [0, 0.1) is 11.8 Å². The molecule has 0 aromatic rings. The van der Waals surface area contributed by atoms with Crippen molar-refractivity contribution in [3.8, 4) is 0 Å². The molecule has 3 fully saturated rings. The Hall–Kier alpha value is -0.570. The fourth-order valence-electron chi connectivity index (χ4n) is 4.09. The van der Waals surface area contributed by atoms with Gasteiger partial charge in [-0.2, -0.15) is 0 Å². The molecule has 21 heavy (non-hydrogen) atoms. The lowest BCUT2D eigenvalue weighted by molar-refractivity contribution is -0.137. The predicted molar refractivity (Wildman–Crippen MR) is 86.1 cm³/mol. The van der Waals surface area contributed by atoms with Crippen LogP contribution in [0.2, 0.25) is 0 Å². The standard InChI is InChI=1S/C18H32N2O/c21-18(16-6-4-2-1-3-5-7-16)20(17-8-9-17)14-15-10-12-19-13-11-15/h15-17,19H,1-14H2. The van der Waals surface area contributed by atoms with E-state index < -0.39 is 0 Å². The van der Waals surface area contributed by atoms with Gasteiger partial charge in [-0.3, -0.25) is 4.79 Å². The van der Waals surface area contributed by atoms with Gasteiger partial charge in [0.05, 0.1) is 0 Å². The van der Waals surface area contributed by atoms with Gasteiger partial charge in [0, 0.05) is 18.5 Å². The molecule has 1 saturated heterocycles. The minimum atomic E-state index is 0.340. The zero-order valence-corrected chi connectivity index (χ0v) is 13.5. The molecule has 0 aromatic heterocycles. The number of amides is 1. The van der Waals surface area contributed by atoms with Crippen LogP contribution in [-0.4, -0.2) is 36.5 Å². The first-order chi connectivity index (χ1) is 10.3. The molecule has 1 amide bonds. The monoisotopic (exact) mass is 292 g/mol. The zero-order valence-electron chi connectivity index (χ0n) is 13.5. The van der Waals surface area contributed by atoms with Crippen LogP contribution in [0.15, 0.2) is 0 Å². The number of nitrogens with one attached hydrogen (secondary N) is 1. The van der Waals surface area contributed by atoms with Crippen molar-refractivity contribution in [1.82, 2.24) is 10.2 Å². The molecule has 3 nitrogen and oxygen atoms in total. The zero-order chi connectivity index (χ0) is 14.5. The molecular weight excluding hydrogens is 260 g/mol. The minimum absolute atomic E-state index is 0.340. The maximum absolute atomic E-state index is 13.0. The topological polar surface area (TPSA) is 32.3 Å². The third-order valence-corrected chi connectivity index (χ3v) is 5.64. The number of carbonyl (C=O) groups is 1. The van der Waals surface area contributed by atoms with E-state index in [0.29, 0.717) is 17.9 Å². The normalized spacial score (nSPS) is 26.1. The number of carbonyl (C=O) groups excluding carboxylic acids is 1. The van der Waals surface area contributed by atoms with E-state index in [2.05, 4.69) is 10.2 Å². The maximum atomic E-state index is 13.0. The number of nitrogens with zero attached hydrogens (tertiary/aromatic N) is 1. The molecule has 3 aliphatic rings. The first-order valence-corrected chi connectivity index (χ1v) is 9.36. The quantitative estimate of drug-likeness (QED) is 0.862. The molecule has 120 valence electrons. The summed E-state index contributed by atoms with van der Waals surface area (Å²) in [5, 5.41) is 3.44. The molecular formula is C18H32N2O. The van der Waals surface area contributed by atoms with Gasteiger partial charge in [-0.05, 0) is 57.5 Å². The molecule has 0 unspecified atom stereocenters. The molecule has 1 aliphatic heterocycles. The summed E-state index contributed by atoms with van der Waals surface area (Å²) in [6.45, 7) is 3.32. The van der Waals surface area contributed by atoms with E-state index in [-0.39, 0.29) is 0 Å². The molecule has 0 aromatic carbocycles. The average molecular weight is 292 g/mol. The first kappa shape index (κ1) is 15.3. The maximum Gasteiger partial charge on any atom is 0.225 e. The molecule has 0 bridgehead atoms. The average Bonchev–Trinajstić information content (AvgIpc) is 3.29. The Kier molecular flexibility index (Phi) is 5.56. The van der Waals surface area contributed by atoms with Gasteiger partial charge < -0.3 is 10.2 Å². The van der Waals surface area contributed by atoms with E-state index in [1.165, 1.54) is 57.8 Å². The smallest absolute Gasteiger partial charge is 0.225 e. The largest absolute Gasteiger partial charge is 0.339 e. The van der Waals surface area contributed by atoms with Crippen molar-refractivity contribution < 1.29 is 4.79 Å². The Balaban J connectivity index is 1.57. The van der Waals surface area contributed by atoms with Gasteiger partial charge >= 0.3 is 0 Å². The van der Waals surface area contributed by atoms with Crippen molar-refractivity contribution in [2.75, 3.05) is 19.6 Å². The summed E-state index contributed by atoms with van der Waals surface area (Å²) < 4.78 is 0. The fourth-order valence-corrected chi connectivity index (χ4v) is 4.09. The highest BCUT2D eigenvalue weighted by Gasteiger charge is 2.36. The molecule has 0 radical (unpaired) electrons. The molecule has 1 N–H and O–H groups in total. The van der Waals surface area contributed by atoms with Crippen LogP contribution in [0.4, 0.5) is 0 Å². The fraction of sp³-hybridized carbons (Fsp3) is 0.944. The lowest BCUT2D eigenvalue weighted by Gasteiger charge is -2.33. The van der Waals surface area contributed by atoms with Crippen LogP contribution in [0.1, 0.15) is 70.6 Å². The van der Waals surface area contributed by atoms with E-state index in [9.17, 15) is 4.79 Å². The Bertz CT molecular complexity index is 326. The van der Waals surface area contributed by atoms with Crippen LogP contribution in [0.3, 0.4) is 0 Å². The van der Waals surface area contributed by atoms with E-state index >= 15 is 0 Å². The van der Waals surface area contributed by atoms with Gasteiger partial charge in [-0.1, -0.05) is 32.1 Å².